The van der Waals surface area contributed by atoms with E-state index in [2.05, 4.69) is 10.3 Å². The summed E-state index contributed by atoms with van der Waals surface area (Å²) in [7, 11) is 0. The molecular formula is C15H16ClN3O2. The molecule has 0 aliphatic rings. The standard InChI is InChI=1S/C15H16ClN3O2/c1-9(2)21-14-6-4-11(7-12(14)16)19-15(20)13-5-3-10(17)8-18-13/h3-9H,17H2,1-2H3,(H,19,20). The number of pyridine rings is 1. The van der Waals surface area contributed by atoms with Gasteiger partial charge in [-0.2, -0.15) is 0 Å². The highest BCUT2D eigenvalue weighted by Crippen LogP contribution is 2.28. The van der Waals surface area contributed by atoms with Gasteiger partial charge in [-0.15, -0.1) is 0 Å². The summed E-state index contributed by atoms with van der Waals surface area (Å²) in [6.07, 6.45) is 1.46. The average Bonchev–Trinajstić information content (AvgIpc) is 2.42. The van der Waals surface area contributed by atoms with Gasteiger partial charge in [0.2, 0.25) is 0 Å². The molecule has 0 spiro atoms. The van der Waals surface area contributed by atoms with Crippen LogP contribution in [-0.4, -0.2) is 17.0 Å². The summed E-state index contributed by atoms with van der Waals surface area (Å²) in [6, 6.07) is 8.25. The van der Waals surface area contributed by atoms with E-state index in [1.165, 1.54) is 6.20 Å². The van der Waals surface area contributed by atoms with E-state index in [4.69, 9.17) is 22.1 Å². The molecule has 0 aliphatic heterocycles. The van der Waals surface area contributed by atoms with E-state index in [9.17, 15) is 4.79 Å². The van der Waals surface area contributed by atoms with Gasteiger partial charge >= 0.3 is 0 Å². The predicted octanol–water partition coefficient (Wildman–Crippen LogP) is 3.36. The second-order valence-corrected chi connectivity index (χ2v) is 5.15. The highest BCUT2D eigenvalue weighted by molar-refractivity contribution is 6.32. The van der Waals surface area contributed by atoms with Crippen molar-refractivity contribution in [1.29, 1.82) is 0 Å². The number of hydrogen-bond acceptors (Lipinski definition) is 4. The molecule has 2 aromatic rings. The molecule has 1 aromatic carbocycles. The second kappa shape index (κ2) is 6.45. The Morgan fingerprint density at radius 1 is 1.33 bits per heavy atom. The Morgan fingerprint density at radius 2 is 2.10 bits per heavy atom. The number of anilines is 2. The maximum Gasteiger partial charge on any atom is 0.274 e. The smallest absolute Gasteiger partial charge is 0.274 e. The SMILES string of the molecule is CC(C)Oc1ccc(NC(=O)c2ccc(N)cn2)cc1Cl. The quantitative estimate of drug-likeness (QED) is 0.908. The van der Waals surface area contributed by atoms with Gasteiger partial charge < -0.3 is 15.8 Å². The normalized spacial score (nSPS) is 10.5. The van der Waals surface area contributed by atoms with Crippen molar-refractivity contribution in [2.75, 3.05) is 11.1 Å². The Kier molecular flexibility index (Phi) is 4.65. The molecule has 0 radical (unpaired) electrons. The molecule has 1 amide bonds. The largest absolute Gasteiger partial charge is 0.489 e. The fourth-order valence-electron chi connectivity index (χ4n) is 1.66. The third-order valence-electron chi connectivity index (χ3n) is 2.57. The zero-order chi connectivity index (χ0) is 15.4. The molecule has 6 heteroatoms. The lowest BCUT2D eigenvalue weighted by Gasteiger charge is -2.12. The van der Waals surface area contributed by atoms with E-state index in [0.29, 0.717) is 22.1 Å². The first kappa shape index (κ1) is 15.1. The number of benzene rings is 1. The number of nitrogen functional groups attached to an aromatic ring is 1. The number of carbonyl (C=O) groups excluding carboxylic acids is 1. The zero-order valence-electron chi connectivity index (χ0n) is 11.8. The summed E-state index contributed by atoms with van der Waals surface area (Å²) >= 11 is 6.12. The van der Waals surface area contributed by atoms with Gasteiger partial charge in [-0.3, -0.25) is 4.79 Å². The van der Waals surface area contributed by atoms with Crippen molar-refractivity contribution in [3.63, 3.8) is 0 Å². The van der Waals surface area contributed by atoms with Gasteiger partial charge in [-0.1, -0.05) is 11.6 Å². The summed E-state index contributed by atoms with van der Waals surface area (Å²) in [6.45, 7) is 3.83. The van der Waals surface area contributed by atoms with E-state index in [1.54, 1.807) is 30.3 Å². The Morgan fingerprint density at radius 3 is 2.67 bits per heavy atom. The third kappa shape index (κ3) is 4.10. The van der Waals surface area contributed by atoms with E-state index in [1.807, 2.05) is 13.8 Å². The molecule has 5 nitrogen and oxygen atoms in total. The molecule has 3 N–H and O–H groups in total. The van der Waals surface area contributed by atoms with Crippen LogP contribution in [0.3, 0.4) is 0 Å². The number of aromatic nitrogens is 1. The molecule has 0 saturated heterocycles. The highest BCUT2D eigenvalue weighted by atomic mass is 35.5. The van der Waals surface area contributed by atoms with Crippen LogP contribution in [-0.2, 0) is 0 Å². The topological polar surface area (TPSA) is 77.2 Å². The minimum absolute atomic E-state index is 0.0296. The van der Waals surface area contributed by atoms with Crippen molar-refractivity contribution < 1.29 is 9.53 Å². The van der Waals surface area contributed by atoms with Gasteiger partial charge in [0, 0.05) is 5.69 Å². The van der Waals surface area contributed by atoms with Gasteiger partial charge in [-0.05, 0) is 44.2 Å². The number of carbonyl (C=O) groups is 1. The number of hydrogen-bond donors (Lipinski definition) is 2. The number of nitrogens with two attached hydrogens (primary N) is 1. The number of amides is 1. The van der Waals surface area contributed by atoms with Crippen LogP contribution in [0, 0.1) is 0 Å². The second-order valence-electron chi connectivity index (χ2n) is 4.74. The molecule has 0 saturated carbocycles. The summed E-state index contributed by atoms with van der Waals surface area (Å²) in [4.78, 5) is 16.0. The lowest BCUT2D eigenvalue weighted by molar-refractivity contribution is 0.102. The first-order chi connectivity index (χ1) is 9.95. The first-order valence-corrected chi connectivity index (χ1v) is 6.82. The number of nitrogens with zero attached hydrogens (tertiary/aromatic N) is 1. The molecule has 110 valence electrons. The fraction of sp³-hybridized carbons (Fsp3) is 0.200. The van der Waals surface area contributed by atoms with Crippen LogP contribution < -0.4 is 15.8 Å². The van der Waals surface area contributed by atoms with Gasteiger partial charge in [0.25, 0.3) is 5.91 Å². The molecule has 0 aliphatic carbocycles. The number of nitrogens with one attached hydrogen (secondary N) is 1. The van der Waals surface area contributed by atoms with Crippen molar-refractivity contribution in [3.8, 4) is 5.75 Å². The Bertz CT molecular complexity index is 642. The van der Waals surface area contributed by atoms with E-state index >= 15 is 0 Å². The van der Waals surface area contributed by atoms with Gasteiger partial charge in [0.15, 0.2) is 0 Å². The molecule has 0 fully saturated rings. The van der Waals surface area contributed by atoms with Crippen LogP contribution in [0.15, 0.2) is 36.5 Å². The summed E-state index contributed by atoms with van der Waals surface area (Å²) in [5.74, 6) is 0.249. The highest BCUT2D eigenvalue weighted by Gasteiger charge is 2.10. The monoisotopic (exact) mass is 305 g/mol. The minimum Gasteiger partial charge on any atom is -0.489 e. The van der Waals surface area contributed by atoms with E-state index in [0.717, 1.165) is 0 Å². The number of ether oxygens (including phenoxy) is 1. The van der Waals surface area contributed by atoms with E-state index < -0.39 is 0 Å². The molecule has 0 atom stereocenters. The van der Waals surface area contributed by atoms with Crippen LogP contribution in [0.4, 0.5) is 11.4 Å². The fourth-order valence-corrected chi connectivity index (χ4v) is 1.89. The van der Waals surface area contributed by atoms with Crippen molar-refractivity contribution in [3.05, 3.63) is 47.2 Å². The number of halogens is 1. The van der Waals surface area contributed by atoms with Crippen LogP contribution in [0.2, 0.25) is 5.02 Å². The minimum atomic E-state index is -0.330. The molecule has 0 bridgehead atoms. The third-order valence-corrected chi connectivity index (χ3v) is 2.87. The Labute approximate surface area is 128 Å². The van der Waals surface area contributed by atoms with Crippen molar-refractivity contribution >= 4 is 28.9 Å². The van der Waals surface area contributed by atoms with Crippen LogP contribution in [0.1, 0.15) is 24.3 Å². The molecule has 21 heavy (non-hydrogen) atoms. The predicted molar refractivity (Wildman–Crippen MR) is 83.8 cm³/mol. The van der Waals surface area contributed by atoms with Crippen molar-refractivity contribution in [1.82, 2.24) is 4.98 Å². The molecule has 0 unspecified atom stereocenters. The lowest BCUT2D eigenvalue weighted by atomic mass is 10.2. The van der Waals surface area contributed by atoms with Crippen molar-refractivity contribution in [2.24, 2.45) is 0 Å². The van der Waals surface area contributed by atoms with Crippen LogP contribution in [0.5, 0.6) is 5.75 Å². The molecular weight excluding hydrogens is 290 g/mol. The summed E-state index contributed by atoms with van der Waals surface area (Å²) in [5, 5.41) is 3.15. The lowest BCUT2D eigenvalue weighted by Crippen LogP contribution is -2.13. The Hall–Kier alpha value is -2.27. The van der Waals surface area contributed by atoms with E-state index in [-0.39, 0.29) is 17.7 Å². The summed E-state index contributed by atoms with van der Waals surface area (Å²) < 4.78 is 5.53. The van der Waals surface area contributed by atoms with Crippen molar-refractivity contribution in [2.45, 2.75) is 20.0 Å². The maximum absolute atomic E-state index is 12.0. The van der Waals surface area contributed by atoms with Gasteiger partial charge in [0.05, 0.1) is 23.0 Å². The molecule has 1 aromatic heterocycles. The van der Waals surface area contributed by atoms with Gasteiger partial charge in [-0.25, -0.2) is 4.98 Å². The maximum atomic E-state index is 12.0. The first-order valence-electron chi connectivity index (χ1n) is 6.45. The zero-order valence-corrected chi connectivity index (χ0v) is 12.5. The summed E-state index contributed by atoms with van der Waals surface area (Å²) in [5.41, 5.74) is 6.88. The van der Waals surface area contributed by atoms with Gasteiger partial charge in [0.1, 0.15) is 11.4 Å². The molecule has 2 rings (SSSR count). The molecule has 1 heterocycles. The number of rotatable bonds is 4. The van der Waals surface area contributed by atoms with Crippen LogP contribution in [0.25, 0.3) is 0 Å². The Balaban J connectivity index is 2.11. The van der Waals surface area contributed by atoms with Crippen LogP contribution >= 0.6 is 11.6 Å². The average molecular weight is 306 g/mol.